The van der Waals surface area contributed by atoms with Crippen LogP contribution in [-0.2, 0) is 9.59 Å². The Hall–Kier alpha value is -2.70. The summed E-state index contributed by atoms with van der Waals surface area (Å²) < 4.78 is 5.59. The van der Waals surface area contributed by atoms with E-state index in [-0.39, 0.29) is 10.7 Å². The van der Waals surface area contributed by atoms with Crippen molar-refractivity contribution in [3.05, 3.63) is 63.7 Å². The highest BCUT2D eigenvalue weighted by molar-refractivity contribution is 7.80. The van der Waals surface area contributed by atoms with Crippen molar-refractivity contribution in [2.75, 3.05) is 11.5 Å². The van der Waals surface area contributed by atoms with Crippen LogP contribution in [-0.4, -0.2) is 23.5 Å². The molecule has 0 aromatic heterocycles. The summed E-state index contributed by atoms with van der Waals surface area (Å²) in [5.41, 5.74) is 2.98. The van der Waals surface area contributed by atoms with Crippen molar-refractivity contribution in [3.63, 3.8) is 0 Å². The molecule has 0 saturated carbocycles. The molecule has 2 aromatic carbocycles. The summed E-state index contributed by atoms with van der Waals surface area (Å²) in [6.07, 6.45) is 1.48. The van der Waals surface area contributed by atoms with E-state index in [9.17, 15) is 9.59 Å². The molecule has 0 radical (unpaired) electrons. The summed E-state index contributed by atoms with van der Waals surface area (Å²) >= 11 is 11.4. The lowest BCUT2D eigenvalue weighted by atomic mass is 10.0. The zero-order chi connectivity index (χ0) is 20.4. The van der Waals surface area contributed by atoms with Gasteiger partial charge in [-0.2, -0.15) is 0 Å². The number of ether oxygens (including phenoxy) is 1. The maximum atomic E-state index is 13.2. The topological polar surface area (TPSA) is 58.6 Å². The van der Waals surface area contributed by atoms with Crippen LogP contribution in [0.4, 0.5) is 5.69 Å². The van der Waals surface area contributed by atoms with Gasteiger partial charge in [-0.3, -0.25) is 19.8 Å². The monoisotopic (exact) mass is 414 g/mol. The molecule has 0 bridgehead atoms. The minimum atomic E-state index is -0.556. The first-order valence-electron chi connectivity index (χ1n) is 8.73. The third-order valence-electron chi connectivity index (χ3n) is 4.28. The summed E-state index contributed by atoms with van der Waals surface area (Å²) in [5, 5.41) is 3.12. The first kappa shape index (κ1) is 20.0. The first-order valence-corrected chi connectivity index (χ1v) is 9.51. The van der Waals surface area contributed by atoms with Crippen LogP contribution in [0.15, 0.2) is 42.0 Å². The normalized spacial score (nSPS) is 15.8. The van der Waals surface area contributed by atoms with Gasteiger partial charge in [-0.1, -0.05) is 23.7 Å². The molecule has 1 heterocycles. The molecule has 0 atom stereocenters. The SMILES string of the molecule is CCOc1ccc(Cl)cc1/C=C1/C(=O)NC(=S)N(c2cc(C)ccc2C)C1=O. The van der Waals surface area contributed by atoms with Crippen molar-refractivity contribution in [1.82, 2.24) is 5.32 Å². The smallest absolute Gasteiger partial charge is 0.270 e. The summed E-state index contributed by atoms with van der Waals surface area (Å²) in [4.78, 5) is 27.1. The van der Waals surface area contributed by atoms with Gasteiger partial charge in [-0.25, -0.2) is 0 Å². The second-order valence-electron chi connectivity index (χ2n) is 6.36. The van der Waals surface area contributed by atoms with E-state index < -0.39 is 11.8 Å². The van der Waals surface area contributed by atoms with E-state index in [0.717, 1.165) is 11.1 Å². The van der Waals surface area contributed by atoms with E-state index in [1.165, 1.54) is 11.0 Å². The maximum absolute atomic E-state index is 13.2. The number of hydrogen-bond donors (Lipinski definition) is 1. The van der Waals surface area contributed by atoms with Crippen LogP contribution in [0.1, 0.15) is 23.6 Å². The Balaban J connectivity index is 2.09. The fourth-order valence-corrected chi connectivity index (χ4v) is 3.37. The van der Waals surface area contributed by atoms with Crippen LogP contribution in [0.3, 0.4) is 0 Å². The Morgan fingerprint density at radius 3 is 2.64 bits per heavy atom. The average Bonchev–Trinajstić information content (AvgIpc) is 2.63. The highest BCUT2D eigenvalue weighted by atomic mass is 35.5. The van der Waals surface area contributed by atoms with E-state index in [1.807, 2.05) is 39.0 Å². The molecule has 0 aliphatic carbocycles. The highest BCUT2D eigenvalue weighted by Gasteiger charge is 2.35. The summed E-state index contributed by atoms with van der Waals surface area (Å²) in [7, 11) is 0. The number of halogens is 1. The molecule has 28 heavy (non-hydrogen) atoms. The fraction of sp³-hybridized carbons (Fsp3) is 0.190. The van der Waals surface area contributed by atoms with E-state index in [1.54, 1.807) is 18.2 Å². The van der Waals surface area contributed by atoms with Gasteiger partial charge >= 0.3 is 0 Å². The van der Waals surface area contributed by atoms with Crippen molar-refractivity contribution in [1.29, 1.82) is 0 Å². The number of aryl methyl sites for hydroxylation is 2. The van der Waals surface area contributed by atoms with Gasteiger partial charge in [0.2, 0.25) is 0 Å². The number of carbonyl (C=O) groups is 2. The first-order chi connectivity index (χ1) is 13.3. The molecular weight excluding hydrogens is 396 g/mol. The predicted molar refractivity (Wildman–Crippen MR) is 115 cm³/mol. The number of amides is 2. The van der Waals surface area contributed by atoms with Crippen molar-refractivity contribution in [3.8, 4) is 5.75 Å². The number of thiocarbonyl (C=S) groups is 1. The van der Waals surface area contributed by atoms with Gasteiger partial charge in [-0.05, 0) is 74.5 Å². The lowest BCUT2D eigenvalue weighted by Gasteiger charge is -2.30. The number of rotatable bonds is 4. The minimum absolute atomic E-state index is 0.0438. The van der Waals surface area contributed by atoms with Gasteiger partial charge in [0.25, 0.3) is 11.8 Å². The number of carbonyl (C=O) groups excluding carboxylic acids is 2. The lowest BCUT2D eigenvalue weighted by Crippen LogP contribution is -2.54. The molecule has 2 aromatic rings. The van der Waals surface area contributed by atoms with Gasteiger partial charge in [0.15, 0.2) is 5.11 Å². The predicted octanol–water partition coefficient (Wildman–Crippen LogP) is 4.19. The Kier molecular flexibility index (Phi) is 5.82. The molecule has 144 valence electrons. The molecule has 2 amide bonds. The molecule has 1 aliphatic rings. The quantitative estimate of drug-likeness (QED) is 0.463. The van der Waals surface area contributed by atoms with E-state index in [0.29, 0.717) is 28.6 Å². The van der Waals surface area contributed by atoms with Crippen LogP contribution in [0.25, 0.3) is 6.08 Å². The van der Waals surface area contributed by atoms with Gasteiger partial charge in [0, 0.05) is 10.6 Å². The van der Waals surface area contributed by atoms with Crippen molar-refractivity contribution in [2.45, 2.75) is 20.8 Å². The molecule has 1 saturated heterocycles. The maximum Gasteiger partial charge on any atom is 0.270 e. The third kappa shape index (κ3) is 3.93. The fourth-order valence-electron chi connectivity index (χ4n) is 2.91. The molecule has 3 rings (SSSR count). The number of nitrogens with one attached hydrogen (secondary N) is 1. The van der Waals surface area contributed by atoms with Crippen LogP contribution < -0.4 is 15.0 Å². The lowest BCUT2D eigenvalue weighted by molar-refractivity contribution is -0.122. The van der Waals surface area contributed by atoms with Gasteiger partial charge in [-0.15, -0.1) is 0 Å². The molecule has 7 heteroatoms. The summed E-state index contributed by atoms with van der Waals surface area (Å²) in [6.45, 7) is 6.10. The number of hydrogen-bond acceptors (Lipinski definition) is 4. The molecule has 0 spiro atoms. The van der Waals surface area contributed by atoms with Crippen LogP contribution in [0, 0.1) is 13.8 Å². The zero-order valence-electron chi connectivity index (χ0n) is 15.7. The van der Waals surface area contributed by atoms with Gasteiger partial charge < -0.3 is 4.74 Å². The van der Waals surface area contributed by atoms with E-state index in [4.69, 9.17) is 28.6 Å². The number of anilines is 1. The summed E-state index contributed by atoms with van der Waals surface area (Å²) in [5.74, 6) is -0.518. The Labute approximate surface area is 173 Å². The molecule has 1 N–H and O–H groups in total. The average molecular weight is 415 g/mol. The Morgan fingerprint density at radius 1 is 1.18 bits per heavy atom. The Bertz CT molecular complexity index is 1020. The molecular formula is C21H19ClN2O3S. The largest absolute Gasteiger partial charge is 0.493 e. The zero-order valence-corrected chi connectivity index (χ0v) is 17.3. The Morgan fingerprint density at radius 2 is 1.93 bits per heavy atom. The molecule has 1 aliphatic heterocycles. The third-order valence-corrected chi connectivity index (χ3v) is 4.80. The summed E-state index contributed by atoms with van der Waals surface area (Å²) in [6, 6.07) is 10.8. The second-order valence-corrected chi connectivity index (χ2v) is 7.19. The van der Waals surface area contributed by atoms with Crippen LogP contribution in [0.2, 0.25) is 5.02 Å². The van der Waals surface area contributed by atoms with Crippen molar-refractivity contribution >= 4 is 52.5 Å². The highest BCUT2D eigenvalue weighted by Crippen LogP contribution is 2.29. The van der Waals surface area contributed by atoms with Crippen LogP contribution in [0.5, 0.6) is 5.75 Å². The molecule has 0 unspecified atom stereocenters. The van der Waals surface area contributed by atoms with Crippen molar-refractivity contribution < 1.29 is 14.3 Å². The molecule has 1 fully saturated rings. The van der Waals surface area contributed by atoms with Crippen molar-refractivity contribution in [2.24, 2.45) is 0 Å². The number of benzene rings is 2. The second kappa shape index (κ2) is 8.12. The number of nitrogens with zero attached hydrogens (tertiary/aromatic N) is 1. The van der Waals surface area contributed by atoms with Gasteiger partial charge in [0.05, 0.1) is 12.3 Å². The van der Waals surface area contributed by atoms with Crippen LogP contribution >= 0.6 is 23.8 Å². The van der Waals surface area contributed by atoms with E-state index in [2.05, 4.69) is 5.32 Å². The standard InChI is InChI=1S/C21H19ClN2O3S/c1-4-27-18-8-7-15(22)10-14(18)11-16-19(25)23-21(28)24(20(16)26)17-9-12(2)5-6-13(17)3/h5-11H,4H2,1-3H3,(H,23,25,28)/b16-11-. The molecule has 5 nitrogen and oxygen atoms in total. The van der Waals surface area contributed by atoms with E-state index >= 15 is 0 Å². The van der Waals surface area contributed by atoms with Gasteiger partial charge in [0.1, 0.15) is 11.3 Å². The minimum Gasteiger partial charge on any atom is -0.493 e.